The highest BCUT2D eigenvalue weighted by Gasteiger charge is 2.28. The minimum absolute atomic E-state index is 0.0742. The molecule has 1 amide bonds. The molecule has 1 aromatic rings. The van der Waals surface area contributed by atoms with Gasteiger partial charge in [0.1, 0.15) is 5.75 Å². The lowest BCUT2D eigenvalue weighted by atomic mass is 10.0. The molecule has 3 nitrogen and oxygen atoms in total. The molecule has 2 aliphatic rings. The van der Waals surface area contributed by atoms with Gasteiger partial charge in [-0.3, -0.25) is 4.79 Å². The second-order valence-electron chi connectivity index (χ2n) is 4.89. The van der Waals surface area contributed by atoms with Gasteiger partial charge < -0.3 is 9.64 Å². The molecule has 1 aliphatic heterocycles. The van der Waals surface area contributed by atoms with Crippen LogP contribution in [-0.4, -0.2) is 24.5 Å². The number of nitrogens with zero attached hydrogens (tertiary/aromatic N) is 1. The topological polar surface area (TPSA) is 29.5 Å². The van der Waals surface area contributed by atoms with Crippen LogP contribution < -0.4 is 4.74 Å². The van der Waals surface area contributed by atoms with E-state index in [1.165, 1.54) is 5.70 Å². The summed E-state index contributed by atoms with van der Waals surface area (Å²) < 4.78 is 5.12. The molecule has 98 valence electrons. The summed E-state index contributed by atoms with van der Waals surface area (Å²) in [6, 6.07) is 7.30. The van der Waals surface area contributed by atoms with E-state index in [2.05, 4.69) is 18.2 Å². The van der Waals surface area contributed by atoms with Crippen molar-refractivity contribution in [1.29, 1.82) is 0 Å². The average Bonchev–Trinajstić information content (AvgIpc) is 2.95. The third kappa shape index (κ3) is 2.16. The van der Waals surface area contributed by atoms with Crippen molar-refractivity contribution in [3.8, 4) is 5.75 Å². The van der Waals surface area contributed by atoms with Crippen molar-refractivity contribution in [3.05, 3.63) is 53.8 Å². The Labute approximate surface area is 113 Å². The second-order valence-corrected chi connectivity index (χ2v) is 4.89. The number of hydrogen-bond acceptors (Lipinski definition) is 2. The van der Waals surface area contributed by atoms with Gasteiger partial charge in [0.25, 0.3) is 5.91 Å². The zero-order chi connectivity index (χ0) is 13.2. The Bertz CT molecular complexity index is 542. The lowest BCUT2D eigenvalue weighted by Crippen LogP contribution is -2.34. The number of allylic oxidation sites excluding steroid dienone is 2. The number of methoxy groups -OCH3 is 1. The quantitative estimate of drug-likeness (QED) is 0.760. The monoisotopic (exact) mass is 255 g/mol. The van der Waals surface area contributed by atoms with E-state index in [1.54, 1.807) is 7.11 Å². The third-order valence-electron chi connectivity index (χ3n) is 3.76. The molecule has 0 spiro atoms. The maximum atomic E-state index is 12.6. The zero-order valence-electron chi connectivity index (χ0n) is 11.0. The molecule has 0 saturated carbocycles. The number of rotatable bonds is 2. The van der Waals surface area contributed by atoms with E-state index < -0.39 is 0 Å². The van der Waals surface area contributed by atoms with Gasteiger partial charge in [-0.25, -0.2) is 0 Å². The van der Waals surface area contributed by atoms with Gasteiger partial charge in [-0.2, -0.15) is 0 Å². The molecule has 1 aromatic carbocycles. The van der Waals surface area contributed by atoms with E-state index in [0.717, 1.165) is 18.6 Å². The first-order valence-corrected chi connectivity index (χ1v) is 6.62. The molecule has 3 heteroatoms. The van der Waals surface area contributed by atoms with E-state index in [0.29, 0.717) is 18.0 Å². The van der Waals surface area contributed by atoms with E-state index in [-0.39, 0.29) is 5.91 Å². The molecule has 1 aliphatic carbocycles. The van der Waals surface area contributed by atoms with Crippen LogP contribution in [0.2, 0.25) is 0 Å². The lowest BCUT2D eigenvalue weighted by molar-refractivity contribution is 0.0806. The Hall–Kier alpha value is -2.03. The van der Waals surface area contributed by atoms with Gasteiger partial charge in [-0.1, -0.05) is 18.2 Å². The Morgan fingerprint density at radius 1 is 1.32 bits per heavy atom. The molecule has 0 bridgehead atoms. The van der Waals surface area contributed by atoms with Crippen LogP contribution in [0.4, 0.5) is 0 Å². The Morgan fingerprint density at radius 3 is 2.84 bits per heavy atom. The minimum atomic E-state index is 0.0742. The van der Waals surface area contributed by atoms with Crippen molar-refractivity contribution in [2.45, 2.75) is 12.8 Å². The molecule has 0 N–H and O–H groups in total. The Balaban J connectivity index is 1.85. The fourth-order valence-electron chi connectivity index (χ4n) is 2.74. The van der Waals surface area contributed by atoms with Crippen LogP contribution in [0, 0.1) is 5.92 Å². The third-order valence-corrected chi connectivity index (χ3v) is 3.76. The van der Waals surface area contributed by atoms with Crippen molar-refractivity contribution in [2.75, 3.05) is 13.7 Å². The van der Waals surface area contributed by atoms with E-state index in [1.807, 2.05) is 29.2 Å². The normalized spacial score (nSPS) is 21.0. The SMILES string of the molecule is COc1ccc(C(=O)N2CC=CC3CCC=C32)cc1. The predicted octanol–water partition coefficient (Wildman–Crippen LogP) is 3.00. The van der Waals surface area contributed by atoms with Crippen molar-refractivity contribution >= 4 is 5.91 Å². The van der Waals surface area contributed by atoms with Gasteiger partial charge >= 0.3 is 0 Å². The van der Waals surface area contributed by atoms with Crippen molar-refractivity contribution in [2.24, 2.45) is 5.92 Å². The first-order valence-electron chi connectivity index (χ1n) is 6.62. The number of carbonyl (C=O) groups is 1. The van der Waals surface area contributed by atoms with Crippen LogP contribution in [0.1, 0.15) is 23.2 Å². The molecule has 0 fully saturated rings. The number of amides is 1. The highest BCUT2D eigenvalue weighted by Crippen LogP contribution is 2.33. The molecule has 1 unspecified atom stereocenters. The number of fused-ring (bicyclic) bond motifs is 1. The van der Waals surface area contributed by atoms with Gasteiger partial charge in [0.2, 0.25) is 0 Å². The molecule has 0 radical (unpaired) electrons. The largest absolute Gasteiger partial charge is 0.497 e. The fourth-order valence-corrected chi connectivity index (χ4v) is 2.74. The van der Waals surface area contributed by atoms with E-state index >= 15 is 0 Å². The first-order chi connectivity index (χ1) is 9.29. The van der Waals surface area contributed by atoms with Gasteiger partial charge in [0, 0.05) is 23.7 Å². The van der Waals surface area contributed by atoms with Crippen LogP contribution >= 0.6 is 0 Å². The van der Waals surface area contributed by atoms with E-state index in [4.69, 9.17) is 4.74 Å². The average molecular weight is 255 g/mol. The highest BCUT2D eigenvalue weighted by molar-refractivity contribution is 5.95. The van der Waals surface area contributed by atoms with Crippen molar-refractivity contribution in [1.82, 2.24) is 4.90 Å². The fraction of sp³-hybridized carbons (Fsp3) is 0.312. The maximum Gasteiger partial charge on any atom is 0.258 e. The number of benzene rings is 1. The predicted molar refractivity (Wildman–Crippen MR) is 74.0 cm³/mol. The lowest BCUT2D eigenvalue weighted by Gasteiger charge is -2.29. The summed E-state index contributed by atoms with van der Waals surface area (Å²) >= 11 is 0. The highest BCUT2D eigenvalue weighted by atomic mass is 16.5. The standard InChI is InChI=1S/C16H17NO2/c1-19-14-9-7-13(8-10-14)16(18)17-11-3-5-12-4-2-6-15(12)17/h3,5-10,12H,2,4,11H2,1H3. The van der Waals surface area contributed by atoms with E-state index in [9.17, 15) is 4.79 Å². The zero-order valence-corrected chi connectivity index (χ0v) is 11.0. The molecule has 1 atom stereocenters. The summed E-state index contributed by atoms with van der Waals surface area (Å²) in [4.78, 5) is 14.4. The molecule has 19 heavy (non-hydrogen) atoms. The second kappa shape index (κ2) is 4.92. The van der Waals surface area contributed by atoms with Gasteiger partial charge in [-0.15, -0.1) is 0 Å². The molecular weight excluding hydrogens is 238 g/mol. The summed E-state index contributed by atoms with van der Waals surface area (Å²) in [6.07, 6.45) is 8.69. The minimum Gasteiger partial charge on any atom is -0.497 e. The Morgan fingerprint density at radius 2 is 2.11 bits per heavy atom. The van der Waals surface area contributed by atoms with Crippen molar-refractivity contribution < 1.29 is 9.53 Å². The van der Waals surface area contributed by atoms with Crippen molar-refractivity contribution in [3.63, 3.8) is 0 Å². The van der Waals surface area contributed by atoms with Crippen LogP contribution in [0.15, 0.2) is 48.2 Å². The number of ether oxygens (including phenoxy) is 1. The summed E-state index contributed by atoms with van der Waals surface area (Å²) in [5, 5.41) is 0. The summed E-state index contributed by atoms with van der Waals surface area (Å²) in [5.41, 5.74) is 1.88. The number of hydrogen-bond donors (Lipinski definition) is 0. The molecule has 1 heterocycles. The Kier molecular flexibility index (Phi) is 3.11. The van der Waals surface area contributed by atoms with Gasteiger partial charge in [0.05, 0.1) is 7.11 Å². The molecule has 3 rings (SSSR count). The molecule has 0 aromatic heterocycles. The van der Waals surface area contributed by atoms with Crippen LogP contribution in [0.5, 0.6) is 5.75 Å². The maximum absolute atomic E-state index is 12.6. The summed E-state index contributed by atoms with van der Waals surface area (Å²) in [5.74, 6) is 1.27. The first kappa shape index (κ1) is 12.0. The van der Waals surface area contributed by atoms with Gasteiger partial charge in [-0.05, 0) is 37.1 Å². The molecule has 0 saturated heterocycles. The van der Waals surface area contributed by atoms with Crippen LogP contribution in [0.25, 0.3) is 0 Å². The van der Waals surface area contributed by atoms with Gasteiger partial charge in [0.15, 0.2) is 0 Å². The van der Waals surface area contributed by atoms with Crippen LogP contribution in [0.3, 0.4) is 0 Å². The van der Waals surface area contributed by atoms with Crippen LogP contribution in [-0.2, 0) is 0 Å². The smallest absolute Gasteiger partial charge is 0.258 e. The molecular formula is C16H17NO2. The number of carbonyl (C=O) groups excluding carboxylic acids is 1. The summed E-state index contributed by atoms with van der Waals surface area (Å²) in [7, 11) is 1.63. The summed E-state index contributed by atoms with van der Waals surface area (Å²) in [6.45, 7) is 0.674.